The van der Waals surface area contributed by atoms with E-state index >= 15 is 0 Å². The van der Waals surface area contributed by atoms with Crippen LogP contribution in [0, 0.1) is 5.92 Å². The minimum Gasteiger partial charge on any atom is -0.494 e. The molecule has 4 heteroatoms. The Balaban J connectivity index is 2.05. The fourth-order valence-electron chi connectivity index (χ4n) is 2.49. The van der Waals surface area contributed by atoms with Gasteiger partial charge in [-0.1, -0.05) is 28.8 Å². The van der Waals surface area contributed by atoms with E-state index < -0.39 is 0 Å². The van der Waals surface area contributed by atoms with Crippen molar-refractivity contribution in [1.29, 1.82) is 0 Å². The molecule has 1 aromatic carbocycles. The highest BCUT2D eigenvalue weighted by atomic mass is 79.9. The third-order valence-electron chi connectivity index (χ3n) is 3.50. The van der Waals surface area contributed by atoms with Gasteiger partial charge in [-0.15, -0.1) is 0 Å². The average molecular weight is 326 g/mol. The van der Waals surface area contributed by atoms with Gasteiger partial charge in [-0.25, -0.2) is 0 Å². The number of amides is 1. The van der Waals surface area contributed by atoms with Crippen LogP contribution in [0.3, 0.4) is 0 Å². The second-order valence-corrected chi connectivity index (χ2v) is 5.42. The molecule has 0 aliphatic heterocycles. The Bertz CT molecular complexity index is 442. The van der Waals surface area contributed by atoms with Crippen molar-refractivity contribution in [3.63, 3.8) is 0 Å². The first kappa shape index (κ1) is 14.4. The SMILES string of the molecule is CCOc1ccc(NC(=O)C2CCCC2)cc1CBr. The predicted molar refractivity (Wildman–Crippen MR) is 80.8 cm³/mol. The highest BCUT2D eigenvalue weighted by Crippen LogP contribution is 2.28. The van der Waals surface area contributed by atoms with Crippen molar-refractivity contribution in [2.75, 3.05) is 11.9 Å². The van der Waals surface area contributed by atoms with Gasteiger partial charge < -0.3 is 10.1 Å². The van der Waals surface area contributed by atoms with Crippen LogP contribution in [0.25, 0.3) is 0 Å². The van der Waals surface area contributed by atoms with Crippen LogP contribution >= 0.6 is 15.9 Å². The Morgan fingerprint density at radius 1 is 1.42 bits per heavy atom. The lowest BCUT2D eigenvalue weighted by Gasteiger charge is -2.13. The molecule has 2 rings (SSSR count). The molecule has 1 amide bonds. The zero-order valence-electron chi connectivity index (χ0n) is 11.2. The number of nitrogens with one attached hydrogen (secondary N) is 1. The normalized spacial score (nSPS) is 15.5. The van der Waals surface area contributed by atoms with Crippen LogP contribution in [-0.2, 0) is 10.1 Å². The third-order valence-corrected chi connectivity index (χ3v) is 4.10. The predicted octanol–water partition coefficient (Wildman–Crippen LogP) is 4.11. The van der Waals surface area contributed by atoms with Crippen LogP contribution in [0.1, 0.15) is 38.2 Å². The van der Waals surface area contributed by atoms with E-state index in [-0.39, 0.29) is 11.8 Å². The first-order valence-electron chi connectivity index (χ1n) is 6.87. The standard InChI is InChI=1S/C15H20BrNO2/c1-2-19-14-8-7-13(9-12(14)10-16)17-15(18)11-5-3-4-6-11/h7-9,11H,2-6,10H2,1H3,(H,17,18). The maximum atomic E-state index is 12.1. The molecule has 1 aromatic rings. The van der Waals surface area contributed by atoms with Gasteiger partial charge >= 0.3 is 0 Å². The summed E-state index contributed by atoms with van der Waals surface area (Å²) in [5.74, 6) is 1.22. The van der Waals surface area contributed by atoms with Gasteiger partial charge in [-0.2, -0.15) is 0 Å². The lowest BCUT2D eigenvalue weighted by atomic mass is 10.1. The molecule has 0 radical (unpaired) electrons. The summed E-state index contributed by atoms with van der Waals surface area (Å²) in [7, 11) is 0. The number of benzene rings is 1. The molecule has 0 spiro atoms. The number of anilines is 1. The third kappa shape index (κ3) is 3.72. The van der Waals surface area contributed by atoms with Crippen LogP contribution in [-0.4, -0.2) is 12.5 Å². The quantitative estimate of drug-likeness (QED) is 0.827. The summed E-state index contributed by atoms with van der Waals surface area (Å²) in [6.45, 7) is 2.61. The molecule has 1 saturated carbocycles. The monoisotopic (exact) mass is 325 g/mol. The molecule has 0 saturated heterocycles. The van der Waals surface area contributed by atoms with Crippen LogP contribution in [0.15, 0.2) is 18.2 Å². The topological polar surface area (TPSA) is 38.3 Å². The molecule has 1 N–H and O–H groups in total. The molecule has 0 bridgehead atoms. The maximum Gasteiger partial charge on any atom is 0.227 e. The van der Waals surface area contributed by atoms with Crippen molar-refractivity contribution in [3.05, 3.63) is 23.8 Å². The number of alkyl halides is 1. The van der Waals surface area contributed by atoms with Crippen molar-refractivity contribution < 1.29 is 9.53 Å². The van der Waals surface area contributed by atoms with Crippen molar-refractivity contribution in [2.45, 2.75) is 37.9 Å². The maximum absolute atomic E-state index is 12.1. The average Bonchev–Trinajstić information content (AvgIpc) is 2.94. The van der Waals surface area contributed by atoms with E-state index in [9.17, 15) is 4.79 Å². The van der Waals surface area contributed by atoms with Gasteiger partial charge in [0, 0.05) is 22.5 Å². The van der Waals surface area contributed by atoms with E-state index in [0.717, 1.165) is 35.2 Å². The summed E-state index contributed by atoms with van der Waals surface area (Å²) in [5.41, 5.74) is 1.92. The Morgan fingerprint density at radius 3 is 2.79 bits per heavy atom. The lowest BCUT2D eigenvalue weighted by Crippen LogP contribution is -2.20. The second kappa shape index (κ2) is 6.94. The van der Waals surface area contributed by atoms with E-state index in [2.05, 4.69) is 21.2 Å². The Morgan fingerprint density at radius 2 is 2.16 bits per heavy atom. The highest BCUT2D eigenvalue weighted by Gasteiger charge is 2.22. The first-order valence-corrected chi connectivity index (χ1v) is 7.99. The second-order valence-electron chi connectivity index (χ2n) is 4.86. The summed E-state index contributed by atoms with van der Waals surface area (Å²) in [5, 5.41) is 3.73. The smallest absolute Gasteiger partial charge is 0.227 e. The van der Waals surface area contributed by atoms with Crippen molar-refractivity contribution in [2.24, 2.45) is 5.92 Å². The van der Waals surface area contributed by atoms with Crippen LogP contribution in [0.4, 0.5) is 5.69 Å². The summed E-state index contributed by atoms with van der Waals surface area (Å²) in [6, 6.07) is 5.81. The molecule has 1 aliphatic rings. The molecule has 0 unspecified atom stereocenters. The molecular formula is C15H20BrNO2. The molecule has 104 valence electrons. The van der Waals surface area contributed by atoms with Crippen LogP contribution in [0.2, 0.25) is 0 Å². The first-order chi connectivity index (χ1) is 9.24. The van der Waals surface area contributed by atoms with E-state index in [1.54, 1.807) is 0 Å². The number of rotatable bonds is 5. The lowest BCUT2D eigenvalue weighted by molar-refractivity contribution is -0.119. The van der Waals surface area contributed by atoms with Gasteiger partial charge in [-0.3, -0.25) is 4.79 Å². The number of carbonyl (C=O) groups is 1. The van der Waals surface area contributed by atoms with Crippen molar-refractivity contribution >= 4 is 27.5 Å². The van der Waals surface area contributed by atoms with E-state index in [1.807, 2.05) is 25.1 Å². The fourth-order valence-corrected chi connectivity index (χ4v) is 2.93. The summed E-state index contributed by atoms with van der Waals surface area (Å²) < 4.78 is 5.54. The number of hydrogen-bond donors (Lipinski definition) is 1. The zero-order chi connectivity index (χ0) is 13.7. The summed E-state index contributed by atoms with van der Waals surface area (Å²) in [6.07, 6.45) is 4.39. The van der Waals surface area contributed by atoms with Crippen LogP contribution < -0.4 is 10.1 Å². The van der Waals surface area contributed by atoms with Crippen molar-refractivity contribution in [3.8, 4) is 5.75 Å². The molecule has 19 heavy (non-hydrogen) atoms. The minimum atomic E-state index is 0.155. The van der Waals surface area contributed by atoms with Gasteiger partial charge in [0.2, 0.25) is 5.91 Å². The summed E-state index contributed by atoms with van der Waals surface area (Å²) >= 11 is 3.45. The Kier molecular flexibility index (Phi) is 5.25. The van der Waals surface area contributed by atoms with Gasteiger partial charge in [0.1, 0.15) is 5.75 Å². The largest absolute Gasteiger partial charge is 0.494 e. The molecule has 0 heterocycles. The van der Waals surface area contributed by atoms with Gasteiger partial charge in [0.25, 0.3) is 0 Å². The molecule has 0 aromatic heterocycles. The van der Waals surface area contributed by atoms with Gasteiger partial charge in [-0.05, 0) is 38.0 Å². The summed E-state index contributed by atoms with van der Waals surface area (Å²) in [4.78, 5) is 12.1. The van der Waals surface area contributed by atoms with Crippen molar-refractivity contribution in [1.82, 2.24) is 0 Å². The van der Waals surface area contributed by atoms with E-state index in [4.69, 9.17) is 4.74 Å². The molecule has 3 nitrogen and oxygen atoms in total. The number of hydrogen-bond acceptors (Lipinski definition) is 2. The highest BCUT2D eigenvalue weighted by molar-refractivity contribution is 9.08. The minimum absolute atomic E-state index is 0.155. The van der Waals surface area contributed by atoms with E-state index in [1.165, 1.54) is 12.8 Å². The number of carbonyl (C=O) groups excluding carboxylic acids is 1. The molecular weight excluding hydrogens is 306 g/mol. The molecule has 1 fully saturated rings. The number of ether oxygens (including phenoxy) is 1. The zero-order valence-corrected chi connectivity index (χ0v) is 12.8. The van der Waals surface area contributed by atoms with Gasteiger partial charge in [0.15, 0.2) is 0 Å². The van der Waals surface area contributed by atoms with Gasteiger partial charge in [0.05, 0.1) is 6.61 Å². The fraction of sp³-hybridized carbons (Fsp3) is 0.533. The van der Waals surface area contributed by atoms with E-state index in [0.29, 0.717) is 6.61 Å². The molecule has 0 atom stereocenters. The Labute approximate surface area is 122 Å². The van der Waals surface area contributed by atoms with Crippen LogP contribution in [0.5, 0.6) is 5.75 Å². The molecule has 1 aliphatic carbocycles. The Hall–Kier alpha value is -1.03. The number of halogens is 1.